The lowest BCUT2D eigenvalue weighted by atomic mass is 10.1. The first-order valence-electron chi connectivity index (χ1n) is 5.94. The van der Waals surface area contributed by atoms with E-state index in [1.54, 1.807) is 31.2 Å². The second kappa shape index (κ2) is 6.49. The molecule has 1 aromatic heterocycles. The third kappa shape index (κ3) is 3.46. The molecule has 0 spiro atoms. The zero-order valence-electron chi connectivity index (χ0n) is 10.7. The molecule has 4 nitrogen and oxygen atoms in total. The number of halogens is 2. The second-order valence-electron chi connectivity index (χ2n) is 4.06. The Morgan fingerprint density at radius 2 is 2.20 bits per heavy atom. The Hall–Kier alpha value is -1.21. The monoisotopic (exact) mass is 406 g/mol. The Bertz CT molecular complexity index is 636. The average Bonchev–Trinajstić information content (AvgIpc) is 2.84. The first-order chi connectivity index (χ1) is 9.51. The first-order valence-corrected chi connectivity index (χ1v) is 7.39. The molecule has 0 fully saturated rings. The number of esters is 1. The van der Waals surface area contributed by atoms with Gasteiger partial charge in [-0.05, 0) is 53.8 Å². The highest BCUT2D eigenvalue weighted by Crippen LogP contribution is 2.30. The summed E-state index contributed by atoms with van der Waals surface area (Å²) >= 11 is 7.97. The number of ether oxygens (including phenoxy) is 1. The van der Waals surface area contributed by atoms with Crippen LogP contribution in [-0.2, 0) is 11.2 Å². The fourth-order valence-electron chi connectivity index (χ4n) is 1.73. The number of phenols is 1. The molecule has 2 rings (SSSR count). The molecule has 0 aliphatic carbocycles. The summed E-state index contributed by atoms with van der Waals surface area (Å²) in [5.74, 6) is 0.382. The Morgan fingerprint density at radius 3 is 2.90 bits per heavy atom. The van der Waals surface area contributed by atoms with Gasteiger partial charge in [-0.15, -0.1) is 0 Å². The van der Waals surface area contributed by atoms with Gasteiger partial charge in [-0.3, -0.25) is 0 Å². The minimum Gasteiger partial charge on any atom is -0.507 e. The molecule has 0 unspecified atom stereocenters. The van der Waals surface area contributed by atoms with Crippen molar-refractivity contribution in [3.63, 3.8) is 0 Å². The van der Waals surface area contributed by atoms with Crippen molar-refractivity contribution in [3.8, 4) is 5.75 Å². The number of hydrogen-bond donors (Lipinski definition) is 1. The van der Waals surface area contributed by atoms with Crippen LogP contribution in [0.25, 0.3) is 0 Å². The molecule has 106 valence electrons. The van der Waals surface area contributed by atoms with Gasteiger partial charge in [0.05, 0.1) is 10.2 Å². The molecular formula is C14H12ClIO4. The van der Waals surface area contributed by atoms with E-state index < -0.39 is 5.97 Å². The van der Waals surface area contributed by atoms with Crippen LogP contribution in [0.1, 0.15) is 28.8 Å². The lowest BCUT2D eigenvalue weighted by molar-refractivity contribution is 0.0488. The second-order valence-corrected chi connectivity index (χ2v) is 5.66. The van der Waals surface area contributed by atoms with Gasteiger partial charge in [0.2, 0.25) is 5.76 Å². The van der Waals surface area contributed by atoms with Crippen LogP contribution < -0.4 is 0 Å². The summed E-state index contributed by atoms with van der Waals surface area (Å²) in [6, 6.07) is 6.58. The third-order valence-corrected chi connectivity index (χ3v) is 3.65. The molecule has 1 heterocycles. The van der Waals surface area contributed by atoms with E-state index in [9.17, 15) is 9.90 Å². The van der Waals surface area contributed by atoms with Crippen LogP contribution in [0.15, 0.2) is 28.7 Å². The minimum absolute atomic E-state index is 0.151. The van der Waals surface area contributed by atoms with Crippen molar-refractivity contribution < 1.29 is 19.1 Å². The maximum Gasteiger partial charge on any atom is 0.374 e. The fourth-order valence-corrected chi connectivity index (χ4v) is 2.83. The number of hydrogen-bond acceptors (Lipinski definition) is 4. The maximum absolute atomic E-state index is 11.5. The van der Waals surface area contributed by atoms with E-state index in [1.807, 2.05) is 22.6 Å². The van der Waals surface area contributed by atoms with Gasteiger partial charge < -0.3 is 14.3 Å². The molecule has 0 radical (unpaired) electrons. The van der Waals surface area contributed by atoms with Crippen LogP contribution >= 0.6 is 34.2 Å². The highest BCUT2D eigenvalue weighted by Gasteiger charge is 2.14. The predicted molar refractivity (Wildman–Crippen MR) is 83.3 cm³/mol. The van der Waals surface area contributed by atoms with Crippen LogP contribution in [-0.4, -0.2) is 17.7 Å². The fraction of sp³-hybridized carbons (Fsp3) is 0.214. The summed E-state index contributed by atoms with van der Waals surface area (Å²) in [5.41, 5.74) is 0.645. The lowest BCUT2D eigenvalue weighted by Crippen LogP contribution is -2.02. The van der Waals surface area contributed by atoms with Crippen LogP contribution in [0.4, 0.5) is 0 Å². The summed E-state index contributed by atoms with van der Waals surface area (Å²) in [7, 11) is 0. The van der Waals surface area contributed by atoms with Crippen molar-refractivity contribution in [1.29, 1.82) is 0 Å². The SMILES string of the molecule is CCOC(=O)c1ccc(Cc2cc(Cl)cc(I)c2O)o1. The van der Waals surface area contributed by atoms with Crippen molar-refractivity contribution in [2.75, 3.05) is 6.61 Å². The molecule has 20 heavy (non-hydrogen) atoms. The molecule has 1 aromatic carbocycles. The maximum atomic E-state index is 11.5. The van der Waals surface area contributed by atoms with Gasteiger partial charge in [0, 0.05) is 17.0 Å². The number of carbonyl (C=O) groups excluding carboxylic acids is 1. The van der Waals surface area contributed by atoms with E-state index in [2.05, 4.69) is 0 Å². The molecule has 0 aliphatic heterocycles. The molecular weight excluding hydrogens is 395 g/mol. The molecule has 2 aromatic rings. The Morgan fingerprint density at radius 1 is 1.45 bits per heavy atom. The zero-order valence-corrected chi connectivity index (χ0v) is 13.6. The first kappa shape index (κ1) is 15.2. The number of phenolic OH excluding ortho intramolecular Hbond substituents is 1. The van der Waals surface area contributed by atoms with E-state index >= 15 is 0 Å². The highest BCUT2D eigenvalue weighted by molar-refractivity contribution is 14.1. The van der Waals surface area contributed by atoms with Crippen LogP contribution in [0, 0.1) is 3.57 Å². The topological polar surface area (TPSA) is 59.7 Å². The van der Waals surface area contributed by atoms with E-state index in [-0.39, 0.29) is 11.5 Å². The molecule has 0 aliphatic rings. The summed E-state index contributed by atoms with van der Waals surface area (Å²) in [5, 5.41) is 10.5. The van der Waals surface area contributed by atoms with Crippen molar-refractivity contribution in [1.82, 2.24) is 0 Å². The van der Waals surface area contributed by atoms with Crippen LogP contribution in [0.3, 0.4) is 0 Å². The molecule has 0 bridgehead atoms. The molecule has 0 saturated heterocycles. The van der Waals surface area contributed by atoms with Crippen LogP contribution in [0.5, 0.6) is 5.75 Å². The third-order valence-electron chi connectivity index (χ3n) is 2.61. The summed E-state index contributed by atoms with van der Waals surface area (Å²) in [4.78, 5) is 11.5. The molecule has 6 heteroatoms. The van der Waals surface area contributed by atoms with Crippen LogP contribution in [0.2, 0.25) is 5.02 Å². The Labute approximate surface area is 134 Å². The molecule has 0 saturated carbocycles. The van der Waals surface area contributed by atoms with Gasteiger partial charge in [0.1, 0.15) is 11.5 Å². The van der Waals surface area contributed by atoms with Crippen molar-refractivity contribution in [2.45, 2.75) is 13.3 Å². The van der Waals surface area contributed by atoms with Gasteiger partial charge in [-0.2, -0.15) is 0 Å². The smallest absolute Gasteiger partial charge is 0.374 e. The largest absolute Gasteiger partial charge is 0.507 e. The summed E-state index contributed by atoms with van der Waals surface area (Å²) in [6.45, 7) is 2.02. The van der Waals surface area contributed by atoms with E-state index in [4.69, 9.17) is 20.8 Å². The lowest BCUT2D eigenvalue weighted by Gasteiger charge is -2.06. The highest BCUT2D eigenvalue weighted by atomic mass is 127. The van der Waals surface area contributed by atoms with Gasteiger partial charge in [0.15, 0.2) is 0 Å². The van der Waals surface area contributed by atoms with Crippen molar-refractivity contribution in [2.24, 2.45) is 0 Å². The normalized spacial score (nSPS) is 10.6. The van der Waals surface area contributed by atoms with E-state index in [0.717, 1.165) is 0 Å². The summed E-state index contributed by atoms with van der Waals surface area (Å²) < 4.78 is 10.9. The van der Waals surface area contributed by atoms with E-state index in [1.165, 1.54) is 0 Å². The number of rotatable bonds is 4. The standard InChI is InChI=1S/C14H12ClIO4/c1-2-19-14(18)12-4-3-10(20-12)6-8-5-9(15)7-11(16)13(8)17/h3-5,7,17H,2,6H2,1H3. The molecule has 0 amide bonds. The van der Waals surface area contributed by atoms with Gasteiger partial charge in [-0.1, -0.05) is 11.6 Å². The summed E-state index contributed by atoms with van der Waals surface area (Å²) in [6.07, 6.45) is 0.349. The van der Waals surface area contributed by atoms with Crippen molar-refractivity contribution in [3.05, 3.63) is 49.9 Å². The van der Waals surface area contributed by atoms with Crippen molar-refractivity contribution >= 4 is 40.2 Å². The van der Waals surface area contributed by atoms with Gasteiger partial charge >= 0.3 is 5.97 Å². The minimum atomic E-state index is -0.497. The number of aromatic hydroxyl groups is 1. The average molecular weight is 407 g/mol. The number of carbonyl (C=O) groups is 1. The predicted octanol–water partition coefficient (Wildman–Crippen LogP) is 4.01. The Kier molecular flexibility index (Phi) is 4.93. The molecule has 0 atom stereocenters. The van der Waals surface area contributed by atoms with E-state index in [0.29, 0.717) is 32.9 Å². The number of furan rings is 1. The molecule has 1 N–H and O–H groups in total. The Balaban J connectivity index is 2.21. The van der Waals surface area contributed by atoms with Gasteiger partial charge in [-0.25, -0.2) is 4.79 Å². The zero-order chi connectivity index (χ0) is 14.7. The quantitative estimate of drug-likeness (QED) is 0.616. The number of benzene rings is 1. The van der Waals surface area contributed by atoms with Gasteiger partial charge in [0.25, 0.3) is 0 Å².